The number of benzene rings is 1. The number of H-pyrrole nitrogens is 2. The summed E-state index contributed by atoms with van der Waals surface area (Å²) in [5.74, 6) is 0.686. The number of hydrogen-bond donors (Lipinski definition) is 2. The van der Waals surface area contributed by atoms with Crippen molar-refractivity contribution in [1.29, 1.82) is 0 Å². The molecule has 0 saturated carbocycles. The van der Waals surface area contributed by atoms with Crippen LogP contribution in [-0.2, 0) is 0 Å². The summed E-state index contributed by atoms with van der Waals surface area (Å²) in [5, 5.41) is 8.37. The van der Waals surface area contributed by atoms with Crippen LogP contribution in [0.3, 0.4) is 0 Å². The third kappa shape index (κ3) is 2.49. The van der Waals surface area contributed by atoms with Crippen LogP contribution >= 0.6 is 0 Å². The largest absolute Gasteiger partial charge is 0.366 e. The molecule has 2 aromatic heterocycles. The van der Waals surface area contributed by atoms with Crippen LogP contribution in [0.2, 0.25) is 0 Å². The number of aromatic nitrogens is 5. The van der Waals surface area contributed by atoms with E-state index in [1.807, 2.05) is 32.0 Å². The Bertz CT molecular complexity index is 937. The molecule has 3 aromatic rings. The van der Waals surface area contributed by atoms with Gasteiger partial charge in [0, 0.05) is 26.2 Å². The average molecular weight is 325 g/mol. The number of nitrogens with one attached hydrogen (secondary N) is 2. The van der Waals surface area contributed by atoms with Gasteiger partial charge in [-0.05, 0) is 26.0 Å². The predicted molar refractivity (Wildman–Crippen MR) is 92.6 cm³/mol. The van der Waals surface area contributed by atoms with Crippen molar-refractivity contribution in [1.82, 2.24) is 25.1 Å². The topological polar surface area (TPSA) is 93.8 Å². The average Bonchev–Trinajstić information content (AvgIpc) is 2.97. The molecule has 0 atom stereocenters. The van der Waals surface area contributed by atoms with Crippen molar-refractivity contribution in [3.8, 4) is 0 Å². The lowest BCUT2D eigenvalue weighted by Gasteiger charge is -2.36. The monoisotopic (exact) mass is 325 g/mol. The number of para-hydroxylation sites is 1. The quantitative estimate of drug-likeness (QED) is 0.729. The normalized spacial score (nSPS) is 15.2. The van der Waals surface area contributed by atoms with E-state index in [0.717, 1.165) is 54.3 Å². The molecule has 0 unspecified atom stereocenters. The summed E-state index contributed by atoms with van der Waals surface area (Å²) in [6.45, 7) is 7.16. The molecule has 1 saturated heterocycles. The lowest BCUT2D eigenvalue weighted by atomic mass is 10.2. The minimum absolute atomic E-state index is 0.175. The molecule has 24 heavy (non-hydrogen) atoms. The Morgan fingerprint density at radius 2 is 1.71 bits per heavy atom. The molecule has 124 valence electrons. The van der Waals surface area contributed by atoms with E-state index >= 15 is 0 Å². The minimum atomic E-state index is -0.175. The number of aromatic amines is 2. The minimum Gasteiger partial charge on any atom is -0.366 e. The molecular formula is C16H19N7O. The highest BCUT2D eigenvalue weighted by atomic mass is 16.1. The summed E-state index contributed by atoms with van der Waals surface area (Å²) in [4.78, 5) is 26.2. The predicted octanol–water partition coefficient (Wildman–Crippen LogP) is 0.985. The first-order valence-electron chi connectivity index (χ1n) is 8.00. The van der Waals surface area contributed by atoms with E-state index in [4.69, 9.17) is 0 Å². The molecule has 1 aliphatic heterocycles. The molecule has 0 bridgehead atoms. The molecule has 1 fully saturated rings. The molecule has 4 rings (SSSR count). The fourth-order valence-corrected chi connectivity index (χ4v) is 3.03. The fraction of sp³-hybridized carbons (Fsp3) is 0.375. The number of fused-ring (bicyclic) bond motifs is 1. The summed E-state index contributed by atoms with van der Waals surface area (Å²) in [6.07, 6.45) is 0. The van der Waals surface area contributed by atoms with E-state index in [0.29, 0.717) is 5.95 Å². The van der Waals surface area contributed by atoms with Crippen LogP contribution in [-0.4, -0.2) is 51.3 Å². The van der Waals surface area contributed by atoms with Crippen LogP contribution in [0, 0.1) is 13.8 Å². The molecule has 0 amide bonds. The molecule has 3 heterocycles. The molecule has 1 aromatic carbocycles. The summed E-state index contributed by atoms with van der Waals surface area (Å²) >= 11 is 0. The number of piperazine rings is 1. The number of aryl methyl sites for hydroxylation is 2. The van der Waals surface area contributed by atoms with Gasteiger partial charge < -0.3 is 19.8 Å². The number of anilines is 2. The van der Waals surface area contributed by atoms with Gasteiger partial charge in [-0.25, -0.2) is 9.78 Å². The SMILES string of the molecule is Cc1nnc(N2CCN(c3cccc4[nH]c(=O)[nH]c34)CC2)nc1C. The van der Waals surface area contributed by atoms with Gasteiger partial charge in [0.05, 0.1) is 28.1 Å². The number of rotatable bonds is 2. The maximum absolute atomic E-state index is 11.6. The summed E-state index contributed by atoms with van der Waals surface area (Å²) in [5.41, 5.74) is 4.34. The van der Waals surface area contributed by atoms with E-state index in [2.05, 4.69) is 34.9 Å². The van der Waals surface area contributed by atoms with Crippen molar-refractivity contribution in [3.05, 3.63) is 40.1 Å². The van der Waals surface area contributed by atoms with Gasteiger partial charge in [-0.15, -0.1) is 5.10 Å². The molecule has 1 aliphatic rings. The van der Waals surface area contributed by atoms with Gasteiger partial charge in [-0.2, -0.15) is 5.10 Å². The Morgan fingerprint density at radius 3 is 2.46 bits per heavy atom. The van der Waals surface area contributed by atoms with Gasteiger partial charge >= 0.3 is 5.69 Å². The Morgan fingerprint density at radius 1 is 0.958 bits per heavy atom. The maximum atomic E-state index is 11.6. The molecule has 8 nitrogen and oxygen atoms in total. The van der Waals surface area contributed by atoms with E-state index < -0.39 is 0 Å². The smallest absolute Gasteiger partial charge is 0.323 e. The standard InChI is InChI=1S/C16H19N7O/c1-10-11(2)20-21-15(17-10)23-8-6-22(7-9-23)13-5-3-4-12-14(13)19-16(24)18-12/h3-5H,6-9H2,1-2H3,(H2,18,19,24). The first-order chi connectivity index (χ1) is 11.6. The lowest BCUT2D eigenvalue weighted by Crippen LogP contribution is -2.47. The Kier molecular flexibility index (Phi) is 3.44. The number of imidazole rings is 1. The second-order valence-electron chi connectivity index (χ2n) is 6.04. The number of hydrogen-bond acceptors (Lipinski definition) is 6. The van der Waals surface area contributed by atoms with Crippen LogP contribution in [0.15, 0.2) is 23.0 Å². The number of nitrogens with zero attached hydrogens (tertiary/aromatic N) is 5. The molecule has 0 spiro atoms. The van der Waals surface area contributed by atoms with Crippen LogP contribution in [0.5, 0.6) is 0 Å². The Hall–Kier alpha value is -2.90. The van der Waals surface area contributed by atoms with Crippen molar-refractivity contribution >= 4 is 22.7 Å². The van der Waals surface area contributed by atoms with E-state index in [9.17, 15) is 4.79 Å². The fourth-order valence-electron chi connectivity index (χ4n) is 3.03. The third-order valence-corrected chi connectivity index (χ3v) is 4.51. The second kappa shape index (κ2) is 5.63. The van der Waals surface area contributed by atoms with Crippen molar-refractivity contribution in [2.24, 2.45) is 0 Å². The van der Waals surface area contributed by atoms with Crippen molar-refractivity contribution in [2.45, 2.75) is 13.8 Å². The van der Waals surface area contributed by atoms with Gasteiger partial charge in [-0.1, -0.05) is 6.07 Å². The zero-order valence-electron chi connectivity index (χ0n) is 13.7. The van der Waals surface area contributed by atoms with Gasteiger partial charge in [0.1, 0.15) is 0 Å². The van der Waals surface area contributed by atoms with Crippen LogP contribution in [0.25, 0.3) is 11.0 Å². The highest BCUT2D eigenvalue weighted by molar-refractivity contribution is 5.88. The van der Waals surface area contributed by atoms with Gasteiger partial charge in [0.25, 0.3) is 0 Å². The van der Waals surface area contributed by atoms with Crippen molar-refractivity contribution < 1.29 is 0 Å². The summed E-state index contributed by atoms with van der Waals surface area (Å²) in [7, 11) is 0. The zero-order chi connectivity index (χ0) is 16.7. The summed E-state index contributed by atoms with van der Waals surface area (Å²) < 4.78 is 0. The van der Waals surface area contributed by atoms with Gasteiger partial charge in [0.2, 0.25) is 5.95 Å². The highest BCUT2D eigenvalue weighted by Crippen LogP contribution is 2.24. The zero-order valence-corrected chi connectivity index (χ0v) is 13.7. The van der Waals surface area contributed by atoms with Crippen LogP contribution in [0.4, 0.5) is 11.6 Å². The molecule has 0 aliphatic carbocycles. The Balaban J connectivity index is 1.55. The van der Waals surface area contributed by atoms with Crippen molar-refractivity contribution in [3.63, 3.8) is 0 Å². The first kappa shape index (κ1) is 14.7. The molecule has 8 heteroatoms. The van der Waals surface area contributed by atoms with Gasteiger partial charge in [0.15, 0.2) is 0 Å². The molecular weight excluding hydrogens is 306 g/mol. The molecule has 2 N–H and O–H groups in total. The van der Waals surface area contributed by atoms with E-state index in [1.54, 1.807) is 0 Å². The Labute approximate surface area is 138 Å². The van der Waals surface area contributed by atoms with E-state index in [1.165, 1.54) is 0 Å². The first-order valence-corrected chi connectivity index (χ1v) is 8.00. The third-order valence-electron chi connectivity index (χ3n) is 4.51. The summed E-state index contributed by atoms with van der Waals surface area (Å²) in [6, 6.07) is 5.90. The molecule has 0 radical (unpaired) electrons. The van der Waals surface area contributed by atoms with Gasteiger partial charge in [-0.3, -0.25) is 0 Å². The highest BCUT2D eigenvalue weighted by Gasteiger charge is 2.21. The second-order valence-corrected chi connectivity index (χ2v) is 6.04. The maximum Gasteiger partial charge on any atom is 0.323 e. The van der Waals surface area contributed by atoms with Crippen molar-refractivity contribution in [2.75, 3.05) is 36.0 Å². The van der Waals surface area contributed by atoms with Crippen LogP contribution in [0.1, 0.15) is 11.4 Å². The van der Waals surface area contributed by atoms with Crippen LogP contribution < -0.4 is 15.5 Å². The lowest BCUT2D eigenvalue weighted by molar-refractivity contribution is 0.633. The van der Waals surface area contributed by atoms with E-state index in [-0.39, 0.29) is 5.69 Å².